The highest BCUT2D eigenvalue weighted by molar-refractivity contribution is 9.10. The van der Waals surface area contributed by atoms with Crippen molar-refractivity contribution in [2.24, 2.45) is 11.1 Å². The summed E-state index contributed by atoms with van der Waals surface area (Å²) in [5, 5.41) is 11.6. The summed E-state index contributed by atoms with van der Waals surface area (Å²) in [6, 6.07) is 3.90. The van der Waals surface area contributed by atoms with Gasteiger partial charge >= 0.3 is 5.97 Å². The second-order valence-electron chi connectivity index (χ2n) is 5.33. The Labute approximate surface area is 120 Å². The maximum atomic E-state index is 11.9. The normalized spacial score (nSPS) is 12.9. The van der Waals surface area contributed by atoms with E-state index in [1.807, 2.05) is 20.8 Å². The summed E-state index contributed by atoms with van der Waals surface area (Å²) >= 11 is 3.14. The highest BCUT2D eigenvalue weighted by atomic mass is 79.9. The van der Waals surface area contributed by atoms with E-state index < -0.39 is 12.0 Å². The molecule has 0 aliphatic heterocycles. The van der Waals surface area contributed by atoms with Gasteiger partial charge in [-0.1, -0.05) is 20.8 Å². The third-order valence-corrected chi connectivity index (χ3v) is 3.37. The predicted octanol–water partition coefficient (Wildman–Crippen LogP) is 2.46. The molecule has 1 amide bonds. The van der Waals surface area contributed by atoms with Crippen LogP contribution in [0.2, 0.25) is 0 Å². The number of nitrogens with two attached hydrogens (primary N) is 1. The van der Waals surface area contributed by atoms with Crippen molar-refractivity contribution >= 4 is 33.5 Å². The summed E-state index contributed by atoms with van der Waals surface area (Å²) < 4.78 is 0.457. The largest absolute Gasteiger partial charge is 0.478 e. The topological polar surface area (TPSA) is 92.4 Å². The third kappa shape index (κ3) is 4.04. The highest BCUT2D eigenvalue weighted by Crippen LogP contribution is 2.23. The lowest BCUT2D eigenvalue weighted by Crippen LogP contribution is -2.45. The Morgan fingerprint density at radius 1 is 1.37 bits per heavy atom. The minimum absolute atomic E-state index is 0.0853. The van der Waals surface area contributed by atoms with E-state index in [1.165, 1.54) is 6.07 Å². The second-order valence-corrected chi connectivity index (χ2v) is 6.19. The molecule has 0 unspecified atom stereocenters. The van der Waals surface area contributed by atoms with Crippen LogP contribution in [-0.2, 0) is 4.79 Å². The number of amides is 1. The van der Waals surface area contributed by atoms with E-state index in [4.69, 9.17) is 10.8 Å². The molecule has 1 aromatic carbocycles. The van der Waals surface area contributed by atoms with E-state index in [0.29, 0.717) is 10.2 Å². The van der Waals surface area contributed by atoms with Crippen LogP contribution in [0.25, 0.3) is 0 Å². The van der Waals surface area contributed by atoms with E-state index in [-0.39, 0.29) is 16.9 Å². The lowest BCUT2D eigenvalue weighted by molar-refractivity contribution is -0.119. The number of carboxylic acid groups (broad SMARTS) is 1. The van der Waals surface area contributed by atoms with Crippen molar-refractivity contribution in [3.8, 4) is 0 Å². The van der Waals surface area contributed by atoms with Gasteiger partial charge in [-0.2, -0.15) is 0 Å². The molecule has 0 aliphatic carbocycles. The number of hydrogen-bond donors (Lipinski definition) is 3. The van der Waals surface area contributed by atoms with E-state index in [2.05, 4.69) is 21.2 Å². The standard InChI is InChI=1S/C13H17BrN2O3/c1-13(2,3)10(15)11(17)16-7-4-5-9(14)8(6-7)12(18)19/h4-6,10H,15H2,1-3H3,(H,16,17)(H,18,19)/t10-/m0/s1. The van der Waals surface area contributed by atoms with Crippen LogP contribution in [-0.4, -0.2) is 23.0 Å². The number of hydrogen-bond acceptors (Lipinski definition) is 3. The molecular formula is C13H17BrN2O3. The molecule has 0 fully saturated rings. The van der Waals surface area contributed by atoms with Crippen LogP contribution in [0, 0.1) is 5.41 Å². The molecule has 4 N–H and O–H groups in total. The van der Waals surface area contributed by atoms with Gasteiger partial charge < -0.3 is 16.2 Å². The van der Waals surface area contributed by atoms with Crippen LogP contribution in [0.15, 0.2) is 22.7 Å². The zero-order chi connectivity index (χ0) is 14.8. The van der Waals surface area contributed by atoms with E-state index in [0.717, 1.165) is 0 Å². The first-order valence-electron chi connectivity index (χ1n) is 5.72. The number of aromatic carboxylic acids is 1. The van der Waals surface area contributed by atoms with Gasteiger partial charge in [0.25, 0.3) is 0 Å². The molecule has 0 heterocycles. The molecule has 5 nitrogen and oxygen atoms in total. The molecule has 0 aliphatic rings. The van der Waals surface area contributed by atoms with Crippen molar-refractivity contribution < 1.29 is 14.7 Å². The van der Waals surface area contributed by atoms with Gasteiger partial charge in [0.2, 0.25) is 5.91 Å². The summed E-state index contributed by atoms with van der Waals surface area (Å²) in [6.07, 6.45) is 0. The van der Waals surface area contributed by atoms with E-state index >= 15 is 0 Å². The molecule has 104 valence electrons. The first-order valence-corrected chi connectivity index (χ1v) is 6.51. The van der Waals surface area contributed by atoms with Crippen molar-refractivity contribution in [2.45, 2.75) is 26.8 Å². The Hall–Kier alpha value is -1.40. The van der Waals surface area contributed by atoms with Crippen LogP contribution in [0.4, 0.5) is 5.69 Å². The fraction of sp³-hybridized carbons (Fsp3) is 0.385. The van der Waals surface area contributed by atoms with Crippen LogP contribution in [0.5, 0.6) is 0 Å². The van der Waals surface area contributed by atoms with Gasteiger partial charge in [-0.3, -0.25) is 4.79 Å². The smallest absolute Gasteiger partial charge is 0.336 e. The first kappa shape index (κ1) is 15.7. The summed E-state index contributed by atoms with van der Waals surface area (Å²) in [7, 11) is 0. The van der Waals surface area contributed by atoms with E-state index in [1.54, 1.807) is 12.1 Å². The Balaban J connectivity index is 2.92. The van der Waals surface area contributed by atoms with Crippen LogP contribution in [0.1, 0.15) is 31.1 Å². The summed E-state index contributed by atoms with van der Waals surface area (Å²) in [5.74, 6) is -1.41. The molecule has 19 heavy (non-hydrogen) atoms. The molecule has 0 aromatic heterocycles. The summed E-state index contributed by atoms with van der Waals surface area (Å²) in [5.41, 5.74) is 5.96. The van der Waals surface area contributed by atoms with Crippen LogP contribution in [0.3, 0.4) is 0 Å². The second kappa shape index (κ2) is 5.71. The number of benzene rings is 1. The molecule has 0 saturated carbocycles. The van der Waals surface area contributed by atoms with Gasteiger partial charge in [-0.05, 0) is 39.5 Å². The number of carbonyl (C=O) groups excluding carboxylic acids is 1. The number of rotatable bonds is 3. The van der Waals surface area contributed by atoms with Gasteiger partial charge in [0, 0.05) is 10.2 Å². The van der Waals surface area contributed by atoms with Crippen molar-refractivity contribution in [1.82, 2.24) is 0 Å². The number of carboxylic acids is 1. The zero-order valence-corrected chi connectivity index (χ0v) is 12.6. The molecule has 0 spiro atoms. The monoisotopic (exact) mass is 328 g/mol. The molecule has 0 radical (unpaired) electrons. The fourth-order valence-electron chi connectivity index (χ4n) is 1.38. The Bertz CT molecular complexity index is 509. The summed E-state index contributed by atoms with van der Waals surface area (Å²) in [4.78, 5) is 22.9. The molecule has 1 atom stereocenters. The SMILES string of the molecule is CC(C)(C)[C@@H](N)C(=O)Nc1ccc(Br)c(C(=O)O)c1. The maximum Gasteiger partial charge on any atom is 0.336 e. The molecule has 1 rings (SSSR count). The molecule has 0 saturated heterocycles. The summed E-state index contributed by atoms with van der Waals surface area (Å²) in [6.45, 7) is 5.59. The van der Waals surface area contributed by atoms with Gasteiger partial charge in [0.1, 0.15) is 0 Å². The Morgan fingerprint density at radius 2 is 1.95 bits per heavy atom. The van der Waals surface area contributed by atoms with Crippen molar-refractivity contribution in [1.29, 1.82) is 0 Å². The third-order valence-electron chi connectivity index (χ3n) is 2.68. The fourth-order valence-corrected chi connectivity index (χ4v) is 1.80. The first-order chi connectivity index (χ1) is 8.62. The minimum atomic E-state index is -1.07. The highest BCUT2D eigenvalue weighted by Gasteiger charge is 2.27. The number of nitrogens with one attached hydrogen (secondary N) is 1. The van der Waals surface area contributed by atoms with Gasteiger partial charge in [0.05, 0.1) is 11.6 Å². The molecular weight excluding hydrogens is 312 g/mol. The van der Waals surface area contributed by atoms with Gasteiger partial charge in [0.15, 0.2) is 0 Å². The van der Waals surface area contributed by atoms with Crippen LogP contribution < -0.4 is 11.1 Å². The number of anilines is 1. The Kier molecular flexibility index (Phi) is 4.70. The van der Waals surface area contributed by atoms with Gasteiger partial charge in [-0.25, -0.2) is 4.79 Å². The predicted molar refractivity (Wildman–Crippen MR) is 77.2 cm³/mol. The van der Waals surface area contributed by atoms with Crippen molar-refractivity contribution in [2.75, 3.05) is 5.32 Å². The average Bonchev–Trinajstić information content (AvgIpc) is 2.29. The van der Waals surface area contributed by atoms with Gasteiger partial charge in [-0.15, -0.1) is 0 Å². The minimum Gasteiger partial charge on any atom is -0.478 e. The average molecular weight is 329 g/mol. The lowest BCUT2D eigenvalue weighted by Gasteiger charge is -2.25. The lowest BCUT2D eigenvalue weighted by atomic mass is 9.87. The number of carbonyl (C=O) groups is 2. The van der Waals surface area contributed by atoms with E-state index in [9.17, 15) is 9.59 Å². The van der Waals surface area contributed by atoms with Crippen LogP contribution >= 0.6 is 15.9 Å². The maximum absolute atomic E-state index is 11.9. The molecule has 0 bridgehead atoms. The Morgan fingerprint density at radius 3 is 2.42 bits per heavy atom. The van der Waals surface area contributed by atoms with Crippen molar-refractivity contribution in [3.63, 3.8) is 0 Å². The molecule has 6 heteroatoms. The molecule has 1 aromatic rings. The zero-order valence-electron chi connectivity index (χ0n) is 11.0. The quantitative estimate of drug-likeness (QED) is 0.794. The number of halogens is 1. The van der Waals surface area contributed by atoms with Crippen molar-refractivity contribution in [3.05, 3.63) is 28.2 Å².